The monoisotopic (exact) mass is 154 g/mol. The molecule has 3 heteroatoms. The fraction of sp³-hybridized carbons (Fsp3) is 0.250. The first kappa shape index (κ1) is 8.04. The summed E-state index contributed by atoms with van der Waals surface area (Å²) in [5, 5.41) is 18.3. The van der Waals surface area contributed by atoms with Crippen molar-refractivity contribution in [3.05, 3.63) is 36.8 Å². The van der Waals surface area contributed by atoms with E-state index in [1.54, 1.807) is 12.1 Å². The van der Waals surface area contributed by atoms with Crippen molar-refractivity contribution >= 4 is 0 Å². The minimum Gasteiger partial charge on any atom is -0.466 e. The molecule has 0 amide bonds. The van der Waals surface area contributed by atoms with Gasteiger partial charge in [-0.2, -0.15) is 0 Å². The van der Waals surface area contributed by atoms with E-state index >= 15 is 0 Å². The first-order valence-electron chi connectivity index (χ1n) is 3.28. The number of furan rings is 1. The van der Waals surface area contributed by atoms with Gasteiger partial charge in [-0.1, -0.05) is 6.08 Å². The van der Waals surface area contributed by atoms with Gasteiger partial charge in [0.25, 0.3) is 0 Å². The Bertz CT molecular complexity index is 215. The molecule has 0 aliphatic carbocycles. The normalized spacial score (nSPS) is 15.8. The van der Waals surface area contributed by atoms with Gasteiger partial charge >= 0.3 is 0 Å². The zero-order chi connectivity index (χ0) is 8.27. The summed E-state index contributed by atoms with van der Waals surface area (Å²) < 4.78 is 4.86. The zero-order valence-electron chi connectivity index (χ0n) is 5.97. The van der Waals surface area contributed by atoms with E-state index in [-0.39, 0.29) is 0 Å². The second-order valence-corrected chi connectivity index (χ2v) is 2.19. The lowest BCUT2D eigenvalue weighted by Crippen LogP contribution is -2.14. The van der Waals surface area contributed by atoms with Crippen LogP contribution in [-0.2, 0) is 0 Å². The van der Waals surface area contributed by atoms with Crippen LogP contribution >= 0.6 is 0 Å². The molecule has 0 fully saturated rings. The minimum atomic E-state index is -1.01. The second kappa shape index (κ2) is 3.37. The Balaban J connectivity index is 2.69. The fourth-order valence-electron chi connectivity index (χ4n) is 0.757. The van der Waals surface area contributed by atoms with E-state index in [2.05, 4.69) is 6.58 Å². The van der Waals surface area contributed by atoms with Crippen LogP contribution in [0.4, 0.5) is 0 Å². The van der Waals surface area contributed by atoms with Gasteiger partial charge in [-0.15, -0.1) is 6.58 Å². The van der Waals surface area contributed by atoms with E-state index in [9.17, 15) is 5.11 Å². The van der Waals surface area contributed by atoms with Gasteiger partial charge in [0.15, 0.2) is 0 Å². The Kier molecular flexibility index (Phi) is 2.46. The number of hydrogen-bond acceptors (Lipinski definition) is 3. The fourth-order valence-corrected chi connectivity index (χ4v) is 0.757. The third kappa shape index (κ3) is 1.69. The summed E-state index contributed by atoms with van der Waals surface area (Å²) in [6.07, 6.45) is 0.713. The summed E-state index contributed by atoms with van der Waals surface area (Å²) >= 11 is 0. The summed E-state index contributed by atoms with van der Waals surface area (Å²) in [7, 11) is 0. The van der Waals surface area contributed by atoms with Crippen molar-refractivity contribution in [2.24, 2.45) is 0 Å². The average Bonchev–Trinajstić information content (AvgIpc) is 2.53. The van der Waals surface area contributed by atoms with Crippen LogP contribution in [0.1, 0.15) is 11.9 Å². The first-order chi connectivity index (χ1) is 5.25. The largest absolute Gasteiger partial charge is 0.466 e. The van der Waals surface area contributed by atoms with Gasteiger partial charge in [-0.25, -0.2) is 0 Å². The van der Waals surface area contributed by atoms with Gasteiger partial charge in [-0.05, 0) is 12.1 Å². The quantitative estimate of drug-likeness (QED) is 0.635. The predicted octanol–water partition coefficient (Wildman–Crippen LogP) is 0.860. The van der Waals surface area contributed by atoms with Gasteiger partial charge < -0.3 is 14.6 Å². The molecule has 0 aliphatic rings. The SMILES string of the molecule is C=C[C@@H](O)[C@@H](O)c1ccco1. The van der Waals surface area contributed by atoms with Crippen LogP contribution in [0.25, 0.3) is 0 Å². The summed E-state index contributed by atoms with van der Waals surface area (Å²) in [6, 6.07) is 3.24. The maximum Gasteiger partial charge on any atom is 0.141 e. The molecule has 0 aromatic carbocycles. The van der Waals surface area contributed by atoms with Crippen molar-refractivity contribution in [3.63, 3.8) is 0 Å². The molecule has 0 saturated heterocycles. The Morgan fingerprint density at radius 2 is 2.27 bits per heavy atom. The second-order valence-electron chi connectivity index (χ2n) is 2.19. The molecule has 0 aliphatic heterocycles. The molecule has 2 N–H and O–H groups in total. The van der Waals surface area contributed by atoms with Crippen LogP contribution in [0.15, 0.2) is 35.5 Å². The lowest BCUT2D eigenvalue weighted by Gasteiger charge is -2.10. The number of aliphatic hydroxyl groups is 2. The average molecular weight is 154 g/mol. The maximum atomic E-state index is 9.26. The molecule has 0 saturated carbocycles. The smallest absolute Gasteiger partial charge is 0.141 e. The number of hydrogen-bond donors (Lipinski definition) is 2. The van der Waals surface area contributed by atoms with Crippen molar-refractivity contribution in [1.29, 1.82) is 0 Å². The van der Waals surface area contributed by atoms with E-state index in [0.29, 0.717) is 5.76 Å². The highest BCUT2D eigenvalue weighted by Crippen LogP contribution is 2.17. The van der Waals surface area contributed by atoms with Gasteiger partial charge in [0.1, 0.15) is 18.0 Å². The van der Waals surface area contributed by atoms with Crippen LogP contribution in [-0.4, -0.2) is 16.3 Å². The van der Waals surface area contributed by atoms with E-state index in [1.165, 1.54) is 12.3 Å². The van der Waals surface area contributed by atoms with Crippen LogP contribution in [0.2, 0.25) is 0 Å². The number of rotatable bonds is 3. The number of aliphatic hydroxyl groups excluding tert-OH is 2. The minimum absolute atomic E-state index is 0.345. The molecule has 2 atom stereocenters. The van der Waals surface area contributed by atoms with Crippen molar-refractivity contribution in [1.82, 2.24) is 0 Å². The summed E-state index contributed by atoms with van der Waals surface area (Å²) in [5.41, 5.74) is 0. The Labute approximate surface area is 64.6 Å². The van der Waals surface area contributed by atoms with Crippen LogP contribution in [0, 0.1) is 0 Å². The Morgan fingerprint density at radius 3 is 2.73 bits per heavy atom. The summed E-state index contributed by atoms with van der Waals surface area (Å²) in [4.78, 5) is 0. The van der Waals surface area contributed by atoms with Crippen molar-refractivity contribution in [2.75, 3.05) is 0 Å². The molecule has 60 valence electrons. The Hall–Kier alpha value is -1.06. The first-order valence-corrected chi connectivity index (χ1v) is 3.28. The Morgan fingerprint density at radius 1 is 1.55 bits per heavy atom. The third-order valence-electron chi connectivity index (χ3n) is 1.40. The molecule has 11 heavy (non-hydrogen) atoms. The standard InChI is InChI=1S/C8H10O3/c1-2-6(9)8(10)7-4-3-5-11-7/h2-6,8-10H,1H2/t6-,8-/m1/s1. The summed E-state index contributed by atoms with van der Waals surface area (Å²) in [6.45, 7) is 3.34. The lowest BCUT2D eigenvalue weighted by atomic mass is 10.1. The maximum absolute atomic E-state index is 9.26. The van der Waals surface area contributed by atoms with Gasteiger partial charge in [0.2, 0.25) is 0 Å². The molecular formula is C8H10O3. The van der Waals surface area contributed by atoms with E-state index in [1.807, 2.05) is 0 Å². The van der Waals surface area contributed by atoms with Crippen molar-refractivity contribution in [2.45, 2.75) is 12.2 Å². The van der Waals surface area contributed by atoms with E-state index in [0.717, 1.165) is 0 Å². The molecule has 0 spiro atoms. The van der Waals surface area contributed by atoms with Crippen LogP contribution < -0.4 is 0 Å². The van der Waals surface area contributed by atoms with Gasteiger partial charge in [0, 0.05) is 0 Å². The highest BCUT2D eigenvalue weighted by atomic mass is 16.4. The molecule has 0 radical (unpaired) electrons. The lowest BCUT2D eigenvalue weighted by molar-refractivity contribution is 0.0337. The molecule has 1 heterocycles. The molecule has 3 nitrogen and oxygen atoms in total. The predicted molar refractivity (Wildman–Crippen MR) is 39.9 cm³/mol. The third-order valence-corrected chi connectivity index (χ3v) is 1.40. The van der Waals surface area contributed by atoms with E-state index < -0.39 is 12.2 Å². The molecular weight excluding hydrogens is 144 g/mol. The van der Waals surface area contributed by atoms with Gasteiger partial charge in [-0.3, -0.25) is 0 Å². The molecule has 1 aromatic heterocycles. The summed E-state index contributed by atoms with van der Waals surface area (Å²) in [5.74, 6) is 0.345. The molecule has 1 aromatic rings. The molecule has 0 unspecified atom stereocenters. The molecule has 0 bridgehead atoms. The zero-order valence-corrected chi connectivity index (χ0v) is 5.97. The molecule has 1 rings (SSSR count). The van der Waals surface area contributed by atoms with Crippen LogP contribution in [0.5, 0.6) is 0 Å². The van der Waals surface area contributed by atoms with E-state index in [4.69, 9.17) is 9.52 Å². The topological polar surface area (TPSA) is 53.6 Å². The van der Waals surface area contributed by atoms with Crippen molar-refractivity contribution < 1.29 is 14.6 Å². The highest BCUT2D eigenvalue weighted by molar-refractivity contribution is 5.06. The van der Waals surface area contributed by atoms with Gasteiger partial charge in [0.05, 0.1) is 6.26 Å². The highest BCUT2D eigenvalue weighted by Gasteiger charge is 2.16. The van der Waals surface area contributed by atoms with Crippen LogP contribution in [0.3, 0.4) is 0 Å². The van der Waals surface area contributed by atoms with Crippen molar-refractivity contribution in [3.8, 4) is 0 Å².